The van der Waals surface area contributed by atoms with Gasteiger partial charge in [-0.1, -0.05) is 0 Å². The molecule has 0 aromatic carbocycles. The van der Waals surface area contributed by atoms with Crippen molar-refractivity contribution in [2.45, 2.75) is 31.5 Å². The van der Waals surface area contributed by atoms with Crippen LogP contribution in [0.25, 0.3) is 0 Å². The van der Waals surface area contributed by atoms with Crippen LogP contribution in [0.2, 0.25) is 0 Å². The summed E-state index contributed by atoms with van der Waals surface area (Å²) in [5, 5.41) is 14.8. The van der Waals surface area contributed by atoms with E-state index in [1.807, 2.05) is 6.26 Å². The molecule has 0 radical (unpaired) electrons. The van der Waals surface area contributed by atoms with E-state index in [2.05, 4.69) is 10.6 Å². The van der Waals surface area contributed by atoms with Gasteiger partial charge in [0.05, 0.1) is 11.7 Å². The standard InChI is InChI=1S/C12H22N2O4S/c1-12(17,8-19-2)7-14-11(16)10(15)13-6-9-4-3-5-18-9/h9,17H,3-8H2,1-2H3,(H,13,15)(H,14,16). The smallest absolute Gasteiger partial charge is 0.309 e. The number of nitrogens with one attached hydrogen (secondary N) is 2. The van der Waals surface area contributed by atoms with Crippen molar-refractivity contribution in [3.05, 3.63) is 0 Å². The molecule has 1 heterocycles. The summed E-state index contributed by atoms with van der Waals surface area (Å²) in [6, 6.07) is 0. The van der Waals surface area contributed by atoms with Gasteiger partial charge in [0, 0.05) is 25.4 Å². The van der Waals surface area contributed by atoms with Gasteiger partial charge in [-0.25, -0.2) is 0 Å². The molecule has 2 unspecified atom stereocenters. The Kier molecular flexibility index (Phi) is 6.60. The van der Waals surface area contributed by atoms with E-state index in [0.717, 1.165) is 12.8 Å². The normalized spacial score (nSPS) is 21.7. The van der Waals surface area contributed by atoms with Crippen molar-refractivity contribution in [1.29, 1.82) is 0 Å². The van der Waals surface area contributed by atoms with Crippen LogP contribution in [0.5, 0.6) is 0 Å². The van der Waals surface area contributed by atoms with E-state index >= 15 is 0 Å². The number of aliphatic hydroxyl groups is 1. The fourth-order valence-corrected chi connectivity index (χ4v) is 2.53. The molecule has 19 heavy (non-hydrogen) atoms. The Balaban J connectivity index is 2.22. The SMILES string of the molecule is CSCC(C)(O)CNC(=O)C(=O)NCC1CCCO1. The topological polar surface area (TPSA) is 87.7 Å². The molecule has 1 aliphatic rings. The Hall–Kier alpha value is -0.790. The second-order valence-corrected chi connectivity index (χ2v) is 5.82. The van der Waals surface area contributed by atoms with Crippen molar-refractivity contribution in [2.75, 3.05) is 31.7 Å². The molecule has 1 fully saturated rings. The fraction of sp³-hybridized carbons (Fsp3) is 0.833. The highest BCUT2D eigenvalue weighted by Crippen LogP contribution is 2.10. The van der Waals surface area contributed by atoms with E-state index in [4.69, 9.17) is 4.74 Å². The van der Waals surface area contributed by atoms with Crippen molar-refractivity contribution < 1.29 is 19.4 Å². The summed E-state index contributed by atoms with van der Waals surface area (Å²) in [7, 11) is 0. The summed E-state index contributed by atoms with van der Waals surface area (Å²) in [4.78, 5) is 23.0. The number of rotatable bonds is 6. The van der Waals surface area contributed by atoms with E-state index in [0.29, 0.717) is 18.9 Å². The van der Waals surface area contributed by atoms with Crippen LogP contribution >= 0.6 is 11.8 Å². The van der Waals surface area contributed by atoms with E-state index in [1.165, 1.54) is 11.8 Å². The van der Waals surface area contributed by atoms with Crippen LogP contribution in [0.3, 0.4) is 0 Å². The van der Waals surface area contributed by atoms with Gasteiger partial charge in [0.2, 0.25) is 0 Å². The third-order valence-electron chi connectivity index (χ3n) is 2.81. The molecule has 0 aromatic heterocycles. The quantitative estimate of drug-likeness (QED) is 0.575. The maximum atomic E-state index is 11.5. The zero-order valence-corrected chi connectivity index (χ0v) is 12.2. The lowest BCUT2D eigenvalue weighted by Gasteiger charge is -2.22. The van der Waals surface area contributed by atoms with Gasteiger partial charge in [0.1, 0.15) is 0 Å². The van der Waals surface area contributed by atoms with Crippen molar-refractivity contribution in [3.63, 3.8) is 0 Å². The summed E-state index contributed by atoms with van der Waals surface area (Å²) in [6.07, 6.45) is 3.77. The predicted molar refractivity (Wildman–Crippen MR) is 74.0 cm³/mol. The van der Waals surface area contributed by atoms with Crippen molar-refractivity contribution in [3.8, 4) is 0 Å². The molecule has 1 rings (SSSR count). The lowest BCUT2D eigenvalue weighted by Crippen LogP contribution is -2.48. The van der Waals surface area contributed by atoms with Crippen LogP contribution in [0.1, 0.15) is 19.8 Å². The van der Waals surface area contributed by atoms with Gasteiger partial charge in [-0.3, -0.25) is 9.59 Å². The van der Waals surface area contributed by atoms with E-state index in [-0.39, 0.29) is 12.6 Å². The maximum Gasteiger partial charge on any atom is 0.309 e. The van der Waals surface area contributed by atoms with Crippen LogP contribution < -0.4 is 10.6 Å². The van der Waals surface area contributed by atoms with E-state index < -0.39 is 17.4 Å². The Morgan fingerprint density at radius 2 is 2.11 bits per heavy atom. The van der Waals surface area contributed by atoms with Crippen LogP contribution in [0.4, 0.5) is 0 Å². The first-order valence-electron chi connectivity index (χ1n) is 6.33. The Morgan fingerprint density at radius 1 is 1.42 bits per heavy atom. The lowest BCUT2D eigenvalue weighted by molar-refractivity contribution is -0.139. The summed E-state index contributed by atoms with van der Waals surface area (Å²) in [5.74, 6) is -0.917. The van der Waals surface area contributed by atoms with Gasteiger partial charge in [0.25, 0.3) is 0 Å². The number of hydrogen-bond donors (Lipinski definition) is 3. The Labute approximate surface area is 117 Å². The molecule has 0 bridgehead atoms. The molecule has 2 atom stereocenters. The summed E-state index contributed by atoms with van der Waals surface area (Å²) < 4.78 is 5.34. The highest BCUT2D eigenvalue weighted by atomic mass is 32.2. The monoisotopic (exact) mass is 290 g/mol. The number of carbonyl (C=O) groups is 2. The fourth-order valence-electron chi connectivity index (χ4n) is 1.81. The summed E-state index contributed by atoms with van der Waals surface area (Å²) in [5.41, 5.74) is -1.01. The highest BCUT2D eigenvalue weighted by molar-refractivity contribution is 7.98. The molecule has 7 heteroatoms. The third kappa shape index (κ3) is 6.26. The first-order chi connectivity index (χ1) is 8.94. The second-order valence-electron chi connectivity index (χ2n) is 4.96. The molecule has 1 aliphatic heterocycles. The third-order valence-corrected chi connectivity index (χ3v) is 3.72. The minimum atomic E-state index is -1.01. The van der Waals surface area contributed by atoms with Gasteiger partial charge >= 0.3 is 11.8 Å². The number of ether oxygens (including phenoxy) is 1. The van der Waals surface area contributed by atoms with Crippen LogP contribution in [-0.2, 0) is 14.3 Å². The van der Waals surface area contributed by atoms with Crippen LogP contribution in [-0.4, -0.2) is 60.3 Å². The zero-order chi connectivity index (χ0) is 14.3. The molecule has 110 valence electrons. The lowest BCUT2D eigenvalue weighted by atomic mass is 10.1. The predicted octanol–water partition coefficient (Wildman–Crippen LogP) is -0.488. The van der Waals surface area contributed by atoms with Gasteiger partial charge < -0.3 is 20.5 Å². The Morgan fingerprint density at radius 3 is 2.68 bits per heavy atom. The molecule has 1 saturated heterocycles. The van der Waals surface area contributed by atoms with Gasteiger partial charge in [-0.15, -0.1) is 0 Å². The van der Waals surface area contributed by atoms with Crippen molar-refractivity contribution in [2.24, 2.45) is 0 Å². The molecular weight excluding hydrogens is 268 g/mol. The molecule has 0 saturated carbocycles. The number of carbonyl (C=O) groups excluding carboxylic acids is 2. The van der Waals surface area contributed by atoms with Gasteiger partial charge in [-0.2, -0.15) is 11.8 Å². The molecule has 2 amide bonds. The first kappa shape index (κ1) is 16.3. The second kappa shape index (κ2) is 7.72. The minimum Gasteiger partial charge on any atom is -0.387 e. The first-order valence-corrected chi connectivity index (χ1v) is 7.73. The Bertz CT molecular complexity index is 317. The molecule has 0 aromatic rings. The van der Waals surface area contributed by atoms with E-state index in [1.54, 1.807) is 6.92 Å². The highest BCUT2D eigenvalue weighted by Gasteiger charge is 2.23. The molecule has 3 N–H and O–H groups in total. The summed E-state index contributed by atoms with van der Waals surface area (Å²) >= 11 is 1.48. The van der Waals surface area contributed by atoms with Crippen molar-refractivity contribution >= 4 is 23.6 Å². The summed E-state index contributed by atoms with van der Waals surface area (Å²) in [6.45, 7) is 2.74. The molecule has 0 aliphatic carbocycles. The molecular formula is C12H22N2O4S. The molecule has 6 nitrogen and oxygen atoms in total. The largest absolute Gasteiger partial charge is 0.387 e. The van der Waals surface area contributed by atoms with Gasteiger partial charge in [-0.05, 0) is 26.0 Å². The van der Waals surface area contributed by atoms with Crippen molar-refractivity contribution in [1.82, 2.24) is 10.6 Å². The average Bonchev–Trinajstić information content (AvgIpc) is 2.86. The number of thioether (sulfide) groups is 1. The van der Waals surface area contributed by atoms with E-state index in [9.17, 15) is 14.7 Å². The zero-order valence-electron chi connectivity index (χ0n) is 11.4. The van der Waals surface area contributed by atoms with Crippen LogP contribution in [0.15, 0.2) is 0 Å². The van der Waals surface area contributed by atoms with Gasteiger partial charge in [0.15, 0.2) is 0 Å². The molecule has 0 spiro atoms. The maximum absolute atomic E-state index is 11.5. The number of hydrogen-bond acceptors (Lipinski definition) is 5. The minimum absolute atomic E-state index is 0.0105. The van der Waals surface area contributed by atoms with Crippen LogP contribution in [0, 0.1) is 0 Å². The average molecular weight is 290 g/mol. The number of amides is 2.